The molecule has 0 aliphatic heterocycles. The van der Waals surface area contributed by atoms with Gasteiger partial charge in [-0.15, -0.1) is 0 Å². The van der Waals surface area contributed by atoms with E-state index in [1.165, 1.54) is 0 Å². The topological polar surface area (TPSA) is 22.0 Å². The highest BCUT2D eigenvalue weighted by molar-refractivity contribution is 9.11. The van der Waals surface area contributed by atoms with Gasteiger partial charge in [0, 0.05) is 21.2 Å². The normalized spacial score (nSPS) is 12.5. The van der Waals surface area contributed by atoms with Crippen molar-refractivity contribution in [2.45, 2.75) is 12.4 Å². The fraction of sp³-hybridized carbons (Fsp3) is 0.154. The number of pyridine rings is 1. The minimum absolute atomic E-state index is 0.0308. The first-order valence-electron chi connectivity index (χ1n) is 5.78. The van der Waals surface area contributed by atoms with Crippen molar-refractivity contribution in [3.63, 3.8) is 0 Å². The van der Waals surface area contributed by atoms with Crippen LogP contribution in [-0.4, -0.2) is 4.57 Å². The van der Waals surface area contributed by atoms with Crippen molar-refractivity contribution in [1.29, 1.82) is 0 Å². The van der Waals surface area contributed by atoms with Crippen LogP contribution >= 0.6 is 31.9 Å². The summed E-state index contributed by atoms with van der Waals surface area (Å²) in [6.07, 6.45) is -8.44. The van der Waals surface area contributed by atoms with E-state index in [9.17, 15) is 31.1 Å². The Hall–Kier alpha value is -1.29. The molecule has 10 heteroatoms. The molecule has 0 aliphatic carbocycles. The molecule has 2 aromatic rings. The predicted octanol–water partition coefficient (Wildman–Crippen LogP) is 5.40. The van der Waals surface area contributed by atoms with Crippen molar-refractivity contribution in [2.24, 2.45) is 0 Å². The van der Waals surface area contributed by atoms with Gasteiger partial charge in [0.2, 0.25) is 0 Å². The second-order valence-electron chi connectivity index (χ2n) is 4.41. The van der Waals surface area contributed by atoms with Gasteiger partial charge in [0.1, 0.15) is 0 Å². The van der Waals surface area contributed by atoms with E-state index >= 15 is 0 Å². The van der Waals surface area contributed by atoms with Gasteiger partial charge in [-0.1, -0.05) is 0 Å². The molecule has 2 rings (SSSR count). The quantitative estimate of drug-likeness (QED) is 0.518. The van der Waals surface area contributed by atoms with Crippen LogP contribution in [-0.2, 0) is 12.4 Å². The first kappa shape index (κ1) is 18.1. The van der Waals surface area contributed by atoms with Crippen molar-refractivity contribution in [3.8, 4) is 5.69 Å². The zero-order valence-corrected chi connectivity index (χ0v) is 13.9. The molecule has 1 aromatic heterocycles. The van der Waals surface area contributed by atoms with Gasteiger partial charge >= 0.3 is 12.4 Å². The number of halogens is 8. The van der Waals surface area contributed by atoms with Crippen molar-refractivity contribution < 1.29 is 26.3 Å². The van der Waals surface area contributed by atoms with Crippen LogP contribution in [0.2, 0.25) is 0 Å². The number of nitrogens with zero attached hydrogens (tertiary/aromatic N) is 1. The molecule has 0 fully saturated rings. The van der Waals surface area contributed by atoms with Gasteiger partial charge < -0.3 is 0 Å². The number of hydrogen-bond acceptors (Lipinski definition) is 1. The van der Waals surface area contributed by atoms with Gasteiger partial charge in [-0.05, 0) is 50.1 Å². The fourth-order valence-electron chi connectivity index (χ4n) is 1.80. The van der Waals surface area contributed by atoms with Crippen LogP contribution in [0.15, 0.2) is 44.2 Å². The van der Waals surface area contributed by atoms with Crippen LogP contribution in [0.3, 0.4) is 0 Å². The smallest absolute Gasteiger partial charge is 0.282 e. The lowest BCUT2D eigenvalue weighted by molar-refractivity contribution is -0.138. The molecule has 0 unspecified atom stereocenters. The maximum absolute atomic E-state index is 12.7. The zero-order valence-electron chi connectivity index (χ0n) is 10.8. The molecule has 0 saturated heterocycles. The van der Waals surface area contributed by atoms with Crippen molar-refractivity contribution in [2.75, 3.05) is 0 Å². The van der Waals surface area contributed by atoms with E-state index in [-0.39, 0.29) is 14.6 Å². The summed E-state index contributed by atoms with van der Waals surface area (Å²) >= 11 is 5.81. The maximum Gasteiger partial charge on any atom is 0.416 e. The van der Waals surface area contributed by atoms with Gasteiger partial charge in [0.25, 0.3) is 5.56 Å². The molecule has 23 heavy (non-hydrogen) atoms. The van der Waals surface area contributed by atoms with E-state index in [1.807, 2.05) is 0 Å². The van der Waals surface area contributed by atoms with Crippen molar-refractivity contribution in [3.05, 3.63) is 60.9 Å². The average molecular weight is 465 g/mol. The van der Waals surface area contributed by atoms with Gasteiger partial charge in [0.15, 0.2) is 0 Å². The molecule has 0 saturated carbocycles. The van der Waals surface area contributed by atoms with Gasteiger partial charge in [-0.25, -0.2) is 0 Å². The minimum Gasteiger partial charge on any atom is -0.282 e. The van der Waals surface area contributed by atoms with E-state index in [4.69, 9.17) is 0 Å². The SMILES string of the molecule is O=c1cc(C(F)(F)F)ccn1-c1c(Br)cc(C(F)(F)F)cc1Br. The Labute approximate surface area is 142 Å². The summed E-state index contributed by atoms with van der Waals surface area (Å²) in [4.78, 5) is 11.9. The summed E-state index contributed by atoms with van der Waals surface area (Å²) < 4.78 is 76.4. The number of rotatable bonds is 1. The lowest BCUT2D eigenvalue weighted by atomic mass is 10.2. The predicted molar refractivity (Wildman–Crippen MR) is 77.4 cm³/mol. The summed E-state index contributed by atoms with van der Waals surface area (Å²) in [6.45, 7) is 0. The van der Waals surface area contributed by atoms with E-state index in [0.29, 0.717) is 12.1 Å². The molecule has 0 radical (unpaired) electrons. The highest BCUT2D eigenvalue weighted by atomic mass is 79.9. The van der Waals surface area contributed by atoms with Crippen LogP contribution < -0.4 is 5.56 Å². The maximum atomic E-state index is 12.7. The molecular weight excluding hydrogens is 460 g/mol. The summed E-state index contributed by atoms with van der Waals surface area (Å²) in [5, 5.41) is 0. The Morgan fingerprint density at radius 2 is 1.30 bits per heavy atom. The molecule has 0 bridgehead atoms. The van der Waals surface area contributed by atoms with Crippen LogP contribution in [0.25, 0.3) is 5.69 Å². The summed E-state index contributed by atoms with van der Waals surface area (Å²) in [6, 6.07) is 2.52. The third kappa shape index (κ3) is 3.79. The number of hydrogen-bond donors (Lipinski definition) is 0. The van der Waals surface area contributed by atoms with Gasteiger partial charge in [-0.2, -0.15) is 26.3 Å². The van der Waals surface area contributed by atoms with Gasteiger partial charge in [0.05, 0.1) is 16.8 Å². The Balaban J connectivity index is 2.62. The Kier molecular flexibility index (Phi) is 4.69. The number of alkyl halides is 6. The first-order valence-corrected chi connectivity index (χ1v) is 7.36. The zero-order chi connectivity index (χ0) is 17.6. The standard InChI is InChI=1S/C13H5Br2F6NO/c14-8-3-7(13(19,20)21)4-9(15)11(8)22-2-1-6(5-10(22)23)12(16,17)18/h1-5H. The second-order valence-corrected chi connectivity index (χ2v) is 6.12. The molecule has 1 heterocycles. The van der Waals surface area contributed by atoms with E-state index < -0.39 is 29.0 Å². The van der Waals surface area contributed by atoms with Crippen LogP contribution in [0.4, 0.5) is 26.3 Å². The monoisotopic (exact) mass is 463 g/mol. The molecule has 0 atom stereocenters. The molecular formula is C13H5Br2F6NO. The highest BCUT2D eigenvalue weighted by Gasteiger charge is 2.33. The Bertz CT molecular complexity index is 786. The number of benzene rings is 1. The van der Waals surface area contributed by atoms with Crippen LogP contribution in [0.1, 0.15) is 11.1 Å². The van der Waals surface area contributed by atoms with Crippen molar-refractivity contribution >= 4 is 31.9 Å². The molecule has 2 nitrogen and oxygen atoms in total. The van der Waals surface area contributed by atoms with Crippen molar-refractivity contribution in [1.82, 2.24) is 4.57 Å². The summed E-state index contributed by atoms with van der Waals surface area (Å²) in [5.74, 6) is 0. The Morgan fingerprint density at radius 3 is 1.70 bits per heavy atom. The van der Waals surface area contributed by atoms with E-state index in [1.54, 1.807) is 0 Å². The molecule has 1 aromatic carbocycles. The fourth-order valence-corrected chi connectivity index (χ4v) is 3.37. The van der Waals surface area contributed by atoms with E-state index in [0.717, 1.165) is 22.9 Å². The molecule has 0 amide bonds. The van der Waals surface area contributed by atoms with E-state index in [2.05, 4.69) is 31.9 Å². The third-order valence-electron chi connectivity index (χ3n) is 2.83. The lowest BCUT2D eigenvalue weighted by Crippen LogP contribution is -2.21. The minimum atomic E-state index is -4.69. The average Bonchev–Trinajstić information content (AvgIpc) is 2.37. The molecule has 0 N–H and O–H groups in total. The largest absolute Gasteiger partial charge is 0.416 e. The highest BCUT2D eigenvalue weighted by Crippen LogP contribution is 2.37. The van der Waals surface area contributed by atoms with Crippen LogP contribution in [0.5, 0.6) is 0 Å². The molecule has 0 spiro atoms. The second kappa shape index (κ2) is 5.97. The molecule has 0 aliphatic rings. The van der Waals surface area contributed by atoms with Crippen LogP contribution in [0, 0.1) is 0 Å². The number of aromatic nitrogens is 1. The van der Waals surface area contributed by atoms with Gasteiger partial charge in [-0.3, -0.25) is 9.36 Å². The third-order valence-corrected chi connectivity index (χ3v) is 4.04. The first-order chi connectivity index (χ1) is 10.4. The summed E-state index contributed by atoms with van der Waals surface area (Å²) in [7, 11) is 0. The molecule has 124 valence electrons. The summed E-state index contributed by atoms with van der Waals surface area (Å²) in [5.41, 5.74) is -3.17. The Morgan fingerprint density at radius 1 is 0.826 bits per heavy atom. The lowest BCUT2D eigenvalue weighted by Gasteiger charge is -2.15.